The third-order valence-corrected chi connectivity index (χ3v) is 1.93. The first kappa shape index (κ1) is 12.6. The molecule has 0 radical (unpaired) electrons. The molecular weight excluding hydrogens is 226 g/mol. The molecule has 0 aliphatic carbocycles. The fraction of sp³-hybridized carbons (Fsp3) is 0.300. The van der Waals surface area contributed by atoms with E-state index in [1.54, 1.807) is 13.0 Å². The van der Waals surface area contributed by atoms with E-state index in [9.17, 15) is 14.9 Å². The van der Waals surface area contributed by atoms with E-state index in [0.717, 1.165) is 6.20 Å². The van der Waals surface area contributed by atoms with Gasteiger partial charge in [0.05, 0.1) is 23.3 Å². The van der Waals surface area contributed by atoms with E-state index < -0.39 is 16.8 Å². The molecule has 7 nitrogen and oxygen atoms in total. The van der Waals surface area contributed by atoms with Gasteiger partial charge in [0.2, 0.25) is 0 Å². The zero-order valence-corrected chi connectivity index (χ0v) is 8.99. The number of pyridine rings is 1. The van der Waals surface area contributed by atoms with E-state index in [0.29, 0.717) is 0 Å². The third kappa shape index (κ3) is 2.98. The first-order valence-electron chi connectivity index (χ1n) is 4.76. The number of carbonyl (C=O) groups is 1. The maximum absolute atomic E-state index is 11.4. The van der Waals surface area contributed by atoms with E-state index in [1.807, 2.05) is 0 Å². The molecule has 1 rings (SSSR count). The number of aromatic nitrogens is 1. The molecule has 0 amide bonds. The Kier molecular flexibility index (Phi) is 4.11. The van der Waals surface area contributed by atoms with Crippen LogP contribution in [0.4, 0.5) is 5.69 Å². The molecule has 0 saturated heterocycles. The number of nitrogens with zero attached hydrogens (tertiary/aromatic N) is 3. The summed E-state index contributed by atoms with van der Waals surface area (Å²) in [6, 6.07) is 4.20. The van der Waals surface area contributed by atoms with Crippen LogP contribution in [0.25, 0.3) is 0 Å². The molecule has 0 saturated carbocycles. The highest BCUT2D eigenvalue weighted by Gasteiger charge is 2.23. The van der Waals surface area contributed by atoms with Gasteiger partial charge < -0.3 is 4.74 Å². The molecule has 0 spiro atoms. The maximum atomic E-state index is 11.4. The van der Waals surface area contributed by atoms with E-state index in [1.165, 1.54) is 12.1 Å². The van der Waals surface area contributed by atoms with Crippen molar-refractivity contribution in [3.8, 4) is 6.07 Å². The highest BCUT2D eigenvalue weighted by molar-refractivity contribution is 5.80. The lowest BCUT2D eigenvalue weighted by Gasteiger charge is -2.06. The smallest absolute Gasteiger partial charge is 0.329 e. The van der Waals surface area contributed by atoms with Gasteiger partial charge in [0, 0.05) is 6.07 Å². The molecule has 0 aliphatic heterocycles. The largest absolute Gasteiger partial charge is 0.465 e. The van der Waals surface area contributed by atoms with Gasteiger partial charge in [-0.2, -0.15) is 5.26 Å². The zero-order valence-electron chi connectivity index (χ0n) is 8.99. The lowest BCUT2D eigenvalue weighted by molar-refractivity contribution is -0.385. The molecular formula is C10H9N3O4. The highest BCUT2D eigenvalue weighted by Crippen LogP contribution is 2.17. The van der Waals surface area contributed by atoms with Crippen LogP contribution in [0.5, 0.6) is 0 Å². The van der Waals surface area contributed by atoms with Crippen molar-refractivity contribution in [1.82, 2.24) is 4.98 Å². The van der Waals surface area contributed by atoms with Gasteiger partial charge in [0.25, 0.3) is 5.69 Å². The molecule has 1 aromatic rings. The van der Waals surface area contributed by atoms with Crippen LogP contribution < -0.4 is 0 Å². The lowest BCUT2D eigenvalue weighted by Crippen LogP contribution is -2.15. The van der Waals surface area contributed by atoms with Crippen molar-refractivity contribution >= 4 is 11.7 Å². The monoisotopic (exact) mass is 235 g/mol. The van der Waals surface area contributed by atoms with Gasteiger partial charge in [-0.15, -0.1) is 0 Å². The molecule has 1 aromatic heterocycles. The highest BCUT2D eigenvalue weighted by atomic mass is 16.6. The Morgan fingerprint density at radius 1 is 1.71 bits per heavy atom. The van der Waals surface area contributed by atoms with Crippen molar-refractivity contribution in [3.05, 3.63) is 34.1 Å². The maximum Gasteiger partial charge on any atom is 0.329 e. The Labute approximate surface area is 96.8 Å². The normalized spacial score (nSPS) is 11.3. The Morgan fingerprint density at radius 3 is 2.82 bits per heavy atom. The minimum atomic E-state index is -1.16. The van der Waals surface area contributed by atoms with Crippen LogP contribution in [0.2, 0.25) is 0 Å². The lowest BCUT2D eigenvalue weighted by atomic mass is 10.1. The Bertz CT molecular complexity index is 463. The predicted molar refractivity (Wildman–Crippen MR) is 55.9 cm³/mol. The molecule has 88 valence electrons. The number of hydrogen-bond donors (Lipinski definition) is 0. The summed E-state index contributed by atoms with van der Waals surface area (Å²) >= 11 is 0. The fourth-order valence-corrected chi connectivity index (χ4v) is 1.14. The molecule has 1 atom stereocenters. The topological polar surface area (TPSA) is 106 Å². The average molecular weight is 235 g/mol. The Balaban J connectivity index is 2.94. The molecule has 0 N–H and O–H groups in total. The van der Waals surface area contributed by atoms with Gasteiger partial charge in [-0.1, -0.05) is 0 Å². The Hall–Kier alpha value is -2.49. The fourth-order valence-electron chi connectivity index (χ4n) is 1.14. The molecule has 7 heteroatoms. The number of ether oxygens (including phenoxy) is 1. The summed E-state index contributed by atoms with van der Waals surface area (Å²) in [5, 5.41) is 19.2. The van der Waals surface area contributed by atoms with E-state index in [2.05, 4.69) is 4.98 Å². The number of nitriles is 1. The van der Waals surface area contributed by atoms with Crippen molar-refractivity contribution in [1.29, 1.82) is 5.26 Å². The van der Waals surface area contributed by atoms with Gasteiger partial charge in [-0.05, 0) is 13.0 Å². The second-order valence-electron chi connectivity index (χ2n) is 3.01. The molecule has 1 unspecified atom stereocenters. The van der Waals surface area contributed by atoms with Crippen molar-refractivity contribution < 1.29 is 14.5 Å². The summed E-state index contributed by atoms with van der Waals surface area (Å²) in [6.07, 6.45) is 0.999. The quantitative estimate of drug-likeness (QED) is 0.440. The number of esters is 1. The molecule has 17 heavy (non-hydrogen) atoms. The summed E-state index contributed by atoms with van der Waals surface area (Å²) in [6.45, 7) is 1.78. The zero-order chi connectivity index (χ0) is 12.8. The van der Waals surface area contributed by atoms with Gasteiger partial charge in [0.15, 0.2) is 5.92 Å². The first-order valence-corrected chi connectivity index (χ1v) is 4.76. The minimum absolute atomic E-state index is 0.136. The summed E-state index contributed by atoms with van der Waals surface area (Å²) in [5.41, 5.74) is -0.0640. The molecule has 0 aromatic carbocycles. The summed E-state index contributed by atoms with van der Waals surface area (Å²) in [7, 11) is 0. The number of carbonyl (C=O) groups excluding carboxylic acids is 1. The van der Waals surface area contributed by atoms with Gasteiger partial charge in [-0.3, -0.25) is 19.9 Å². The summed E-state index contributed by atoms with van der Waals surface area (Å²) < 4.78 is 4.69. The van der Waals surface area contributed by atoms with Crippen LogP contribution in [0.1, 0.15) is 18.5 Å². The molecule has 0 fully saturated rings. The molecule has 0 aliphatic rings. The van der Waals surface area contributed by atoms with Crippen LogP contribution in [0.15, 0.2) is 18.3 Å². The van der Waals surface area contributed by atoms with E-state index in [4.69, 9.17) is 10.00 Å². The Morgan fingerprint density at radius 2 is 2.41 bits per heavy atom. The van der Waals surface area contributed by atoms with Crippen LogP contribution in [-0.4, -0.2) is 22.5 Å². The van der Waals surface area contributed by atoms with Crippen LogP contribution in [0, 0.1) is 21.4 Å². The van der Waals surface area contributed by atoms with Gasteiger partial charge in [0.1, 0.15) is 6.20 Å². The molecule has 1 heterocycles. The van der Waals surface area contributed by atoms with E-state index >= 15 is 0 Å². The van der Waals surface area contributed by atoms with Gasteiger partial charge >= 0.3 is 5.97 Å². The second kappa shape index (κ2) is 5.55. The van der Waals surface area contributed by atoms with Crippen LogP contribution in [0.3, 0.4) is 0 Å². The van der Waals surface area contributed by atoms with E-state index in [-0.39, 0.29) is 18.0 Å². The first-order chi connectivity index (χ1) is 8.10. The number of rotatable bonds is 4. The van der Waals surface area contributed by atoms with Gasteiger partial charge in [-0.25, -0.2) is 0 Å². The number of nitro groups is 1. The average Bonchev–Trinajstić information content (AvgIpc) is 2.31. The van der Waals surface area contributed by atoms with Crippen molar-refractivity contribution in [2.24, 2.45) is 0 Å². The molecule has 0 bridgehead atoms. The second-order valence-corrected chi connectivity index (χ2v) is 3.01. The standard InChI is InChI=1S/C10H9N3O4/c1-2-17-10(14)8(5-11)9-4-3-7(6-12-9)13(15)16/h3-4,6,8H,2H2,1H3. The van der Waals surface area contributed by atoms with Crippen LogP contribution in [-0.2, 0) is 9.53 Å². The number of hydrogen-bond acceptors (Lipinski definition) is 6. The third-order valence-electron chi connectivity index (χ3n) is 1.93. The summed E-state index contributed by atoms with van der Waals surface area (Å²) in [5.74, 6) is -1.87. The minimum Gasteiger partial charge on any atom is -0.465 e. The SMILES string of the molecule is CCOC(=O)C(C#N)c1ccc([N+](=O)[O-])cn1. The van der Waals surface area contributed by atoms with Crippen LogP contribution >= 0.6 is 0 Å². The predicted octanol–water partition coefficient (Wildman–Crippen LogP) is 1.16. The van der Waals surface area contributed by atoms with Crippen molar-refractivity contribution in [2.75, 3.05) is 6.61 Å². The summed E-state index contributed by atoms with van der Waals surface area (Å²) in [4.78, 5) is 24.9. The van der Waals surface area contributed by atoms with Crippen molar-refractivity contribution in [3.63, 3.8) is 0 Å². The van der Waals surface area contributed by atoms with Crippen molar-refractivity contribution in [2.45, 2.75) is 12.8 Å².